The summed E-state index contributed by atoms with van der Waals surface area (Å²) in [5.41, 5.74) is 3.91. The molecule has 0 bridgehead atoms. The van der Waals surface area contributed by atoms with E-state index in [1.54, 1.807) is 20.8 Å². The fourth-order valence-electron chi connectivity index (χ4n) is 1.87. The Labute approximate surface area is 125 Å². The SMILES string of the molecule is COC(=O)c1cn(C(=O)OC(C)(C)C)c2nc(N)[nH]c(=O)c12. The quantitative estimate of drug-likeness (QED) is 0.748. The Balaban J connectivity index is 2.72. The number of H-pyrrole nitrogens is 1. The van der Waals surface area contributed by atoms with Gasteiger partial charge in [-0.05, 0) is 20.8 Å². The lowest BCUT2D eigenvalue weighted by Crippen LogP contribution is -2.27. The van der Waals surface area contributed by atoms with Gasteiger partial charge in [-0.15, -0.1) is 0 Å². The van der Waals surface area contributed by atoms with Gasteiger partial charge in [0.05, 0.1) is 18.1 Å². The lowest BCUT2D eigenvalue weighted by Gasteiger charge is -2.19. The van der Waals surface area contributed by atoms with Crippen molar-refractivity contribution in [1.82, 2.24) is 14.5 Å². The minimum atomic E-state index is -0.787. The first-order chi connectivity index (χ1) is 10.1. The summed E-state index contributed by atoms with van der Waals surface area (Å²) in [7, 11) is 1.16. The second-order valence-corrected chi connectivity index (χ2v) is 5.53. The summed E-state index contributed by atoms with van der Waals surface area (Å²) < 4.78 is 10.8. The summed E-state index contributed by atoms with van der Waals surface area (Å²) in [6, 6.07) is 0. The van der Waals surface area contributed by atoms with E-state index in [1.807, 2.05) is 0 Å². The summed E-state index contributed by atoms with van der Waals surface area (Å²) in [5.74, 6) is -0.957. The van der Waals surface area contributed by atoms with Gasteiger partial charge in [0.2, 0.25) is 5.95 Å². The maximum Gasteiger partial charge on any atom is 0.420 e. The first-order valence-corrected chi connectivity index (χ1v) is 6.36. The third-order valence-electron chi connectivity index (χ3n) is 2.67. The molecule has 2 aromatic rings. The van der Waals surface area contributed by atoms with Crippen LogP contribution in [0.25, 0.3) is 11.0 Å². The van der Waals surface area contributed by atoms with Crippen LogP contribution in [0.15, 0.2) is 11.0 Å². The van der Waals surface area contributed by atoms with Gasteiger partial charge in [0.25, 0.3) is 5.56 Å². The van der Waals surface area contributed by atoms with E-state index >= 15 is 0 Å². The molecule has 0 radical (unpaired) electrons. The molecular weight excluding hydrogens is 292 g/mol. The molecule has 118 valence electrons. The predicted octanol–water partition coefficient (Wildman–Crippen LogP) is 0.877. The van der Waals surface area contributed by atoms with Crippen molar-refractivity contribution in [3.05, 3.63) is 22.1 Å². The zero-order valence-corrected chi connectivity index (χ0v) is 12.6. The van der Waals surface area contributed by atoms with E-state index in [0.717, 1.165) is 17.9 Å². The second-order valence-electron chi connectivity index (χ2n) is 5.53. The van der Waals surface area contributed by atoms with Crippen LogP contribution in [-0.2, 0) is 9.47 Å². The highest BCUT2D eigenvalue weighted by Crippen LogP contribution is 2.19. The number of fused-ring (bicyclic) bond motifs is 1. The zero-order chi connectivity index (χ0) is 16.7. The van der Waals surface area contributed by atoms with E-state index in [9.17, 15) is 14.4 Å². The van der Waals surface area contributed by atoms with Crippen molar-refractivity contribution in [2.75, 3.05) is 12.8 Å². The Morgan fingerprint density at radius 3 is 2.55 bits per heavy atom. The van der Waals surface area contributed by atoms with Crippen LogP contribution >= 0.6 is 0 Å². The van der Waals surface area contributed by atoms with Crippen LogP contribution in [0.1, 0.15) is 31.1 Å². The lowest BCUT2D eigenvalue weighted by atomic mass is 10.2. The monoisotopic (exact) mass is 308 g/mol. The minimum Gasteiger partial charge on any atom is -0.465 e. The number of nitrogens with zero attached hydrogens (tertiary/aromatic N) is 2. The van der Waals surface area contributed by atoms with E-state index in [-0.39, 0.29) is 22.5 Å². The number of aromatic amines is 1. The van der Waals surface area contributed by atoms with Crippen LogP contribution < -0.4 is 11.3 Å². The Morgan fingerprint density at radius 1 is 1.36 bits per heavy atom. The van der Waals surface area contributed by atoms with Crippen LogP contribution in [0, 0.1) is 0 Å². The summed E-state index contributed by atoms with van der Waals surface area (Å²) in [5, 5.41) is -0.0908. The van der Waals surface area contributed by atoms with E-state index in [0.29, 0.717) is 0 Å². The van der Waals surface area contributed by atoms with Crippen LogP contribution in [0.4, 0.5) is 10.7 Å². The molecule has 0 atom stereocenters. The number of hydrogen-bond acceptors (Lipinski definition) is 7. The average molecular weight is 308 g/mol. The number of ether oxygens (including phenoxy) is 2. The van der Waals surface area contributed by atoms with Crippen molar-refractivity contribution in [3.8, 4) is 0 Å². The van der Waals surface area contributed by atoms with Crippen molar-refractivity contribution < 1.29 is 19.1 Å². The molecule has 2 heterocycles. The van der Waals surface area contributed by atoms with Crippen molar-refractivity contribution in [1.29, 1.82) is 0 Å². The van der Waals surface area contributed by atoms with Gasteiger partial charge in [0.15, 0.2) is 5.65 Å². The maximum absolute atomic E-state index is 12.2. The number of methoxy groups -OCH3 is 1. The Morgan fingerprint density at radius 2 is 2.00 bits per heavy atom. The Hall–Kier alpha value is -2.84. The van der Waals surface area contributed by atoms with E-state index in [2.05, 4.69) is 14.7 Å². The van der Waals surface area contributed by atoms with Crippen molar-refractivity contribution in [3.63, 3.8) is 0 Å². The summed E-state index contributed by atoms with van der Waals surface area (Å²) in [6.45, 7) is 5.06. The van der Waals surface area contributed by atoms with Gasteiger partial charge in [-0.25, -0.2) is 14.2 Å². The molecule has 2 rings (SSSR count). The number of aromatic nitrogens is 3. The molecule has 0 aliphatic rings. The molecule has 0 spiro atoms. The highest BCUT2D eigenvalue weighted by molar-refractivity contribution is 6.05. The van der Waals surface area contributed by atoms with Gasteiger partial charge >= 0.3 is 12.1 Å². The van der Waals surface area contributed by atoms with Crippen molar-refractivity contribution in [2.24, 2.45) is 0 Å². The topological polar surface area (TPSA) is 129 Å². The average Bonchev–Trinajstić information content (AvgIpc) is 2.75. The number of nitrogens with two attached hydrogens (primary N) is 1. The summed E-state index contributed by atoms with van der Waals surface area (Å²) in [6.07, 6.45) is 0.358. The largest absolute Gasteiger partial charge is 0.465 e. The Bertz CT molecular complexity index is 812. The maximum atomic E-state index is 12.2. The number of esters is 1. The number of carbonyl (C=O) groups is 2. The van der Waals surface area contributed by atoms with Crippen LogP contribution in [0.5, 0.6) is 0 Å². The fourth-order valence-corrected chi connectivity index (χ4v) is 1.87. The van der Waals surface area contributed by atoms with Gasteiger partial charge in [-0.2, -0.15) is 4.98 Å². The highest BCUT2D eigenvalue weighted by Gasteiger charge is 2.26. The first kappa shape index (κ1) is 15.5. The van der Waals surface area contributed by atoms with E-state index in [1.165, 1.54) is 0 Å². The smallest absolute Gasteiger partial charge is 0.420 e. The fraction of sp³-hybridized carbons (Fsp3) is 0.385. The molecule has 0 saturated carbocycles. The first-order valence-electron chi connectivity index (χ1n) is 6.36. The third kappa shape index (κ3) is 2.78. The van der Waals surface area contributed by atoms with Gasteiger partial charge < -0.3 is 15.2 Å². The number of nitrogens with one attached hydrogen (secondary N) is 1. The molecule has 2 aromatic heterocycles. The van der Waals surface area contributed by atoms with Gasteiger partial charge in [-0.3, -0.25) is 9.78 Å². The predicted molar refractivity (Wildman–Crippen MR) is 77.7 cm³/mol. The molecule has 0 saturated heterocycles. The van der Waals surface area contributed by atoms with E-state index in [4.69, 9.17) is 10.5 Å². The molecule has 0 aliphatic heterocycles. The molecule has 9 nitrogen and oxygen atoms in total. The lowest BCUT2D eigenvalue weighted by molar-refractivity contribution is 0.0543. The molecule has 3 N–H and O–H groups in total. The summed E-state index contributed by atoms with van der Waals surface area (Å²) >= 11 is 0. The second kappa shape index (κ2) is 5.17. The minimum absolute atomic E-state index is 0.0732. The van der Waals surface area contributed by atoms with Crippen LogP contribution in [0.3, 0.4) is 0 Å². The highest BCUT2D eigenvalue weighted by atomic mass is 16.6. The van der Waals surface area contributed by atoms with Gasteiger partial charge in [0, 0.05) is 6.20 Å². The normalized spacial score (nSPS) is 11.5. The van der Waals surface area contributed by atoms with Crippen molar-refractivity contribution >= 4 is 29.0 Å². The number of anilines is 1. The molecule has 0 aromatic carbocycles. The van der Waals surface area contributed by atoms with Crippen molar-refractivity contribution in [2.45, 2.75) is 26.4 Å². The van der Waals surface area contributed by atoms with Gasteiger partial charge in [-0.1, -0.05) is 0 Å². The Kier molecular flexibility index (Phi) is 3.65. The number of rotatable bonds is 1. The zero-order valence-electron chi connectivity index (χ0n) is 12.6. The molecule has 0 aliphatic carbocycles. The molecular formula is C13H16N4O5. The number of hydrogen-bond donors (Lipinski definition) is 2. The third-order valence-corrected chi connectivity index (χ3v) is 2.67. The molecule has 9 heteroatoms. The molecule has 22 heavy (non-hydrogen) atoms. The standard InChI is InChI=1S/C13H16N4O5/c1-13(2,3)22-12(20)17-5-6(10(19)21-4)7-8(17)15-11(14)16-9(7)18/h5H,1-4H3,(H3,14,15,16,18). The number of nitrogen functional groups attached to an aromatic ring is 1. The van der Waals surface area contributed by atoms with Crippen LogP contribution in [0.2, 0.25) is 0 Å². The molecule has 0 amide bonds. The number of carbonyl (C=O) groups excluding carboxylic acids is 2. The van der Waals surface area contributed by atoms with Crippen LogP contribution in [-0.4, -0.2) is 39.3 Å². The van der Waals surface area contributed by atoms with E-state index < -0.39 is 23.2 Å². The van der Waals surface area contributed by atoms with Gasteiger partial charge in [0.1, 0.15) is 5.60 Å². The summed E-state index contributed by atoms with van der Waals surface area (Å²) in [4.78, 5) is 42.2. The molecule has 0 fully saturated rings. The molecule has 0 unspecified atom stereocenters.